The lowest BCUT2D eigenvalue weighted by Crippen LogP contribution is -2.49. The molecular formula is C11H23ClN2O2. The van der Waals surface area contributed by atoms with Gasteiger partial charge in [-0.3, -0.25) is 4.79 Å². The third-order valence-electron chi connectivity index (χ3n) is 2.80. The summed E-state index contributed by atoms with van der Waals surface area (Å²) in [5, 5.41) is 2.95. The number of halogens is 1. The monoisotopic (exact) mass is 250 g/mol. The summed E-state index contributed by atoms with van der Waals surface area (Å²) in [4.78, 5) is 11.7. The molecule has 0 aromatic rings. The van der Waals surface area contributed by atoms with Crippen LogP contribution < -0.4 is 11.1 Å². The van der Waals surface area contributed by atoms with E-state index in [-0.39, 0.29) is 23.9 Å². The number of carbonyl (C=O) groups excluding carboxylic acids is 1. The van der Waals surface area contributed by atoms with E-state index < -0.39 is 0 Å². The number of nitrogens with two attached hydrogens (primary N) is 1. The van der Waals surface area contributed by atoms with E-state index in [0.29, 0.717) is 18.9 Å². The number of nitrogens with one attached hydrogen (secondary N) is 1. The molecule has 0 aromatic heterocycles. The Labute approximate surface area is 104 Å². The number of amides is 1. The fraction of sp³-hybridized carbons (Fsp3) is 0.909. The molecule has 0 atom stereocenters. The Morgan fingerprint density at radius 1 is 1.44 bits per heavy atom. The third kappa shape index (κ3) is 5.68. The van der Waals surface area contributed by atoms with Crippen molar-refractivity contribution in [2.45, 2.75) is 38.6 Å². The lowest BCUT2D eigenvalue weighted by molar-refractivity contribution is -0.124. The second-order valence-electron chi connectivity index (χ2n) is 4.90. The minimum absolute atomic E-state index is 0. The van der Waals surface area contributed by atoms with Crippen molar-refractivity contribution in [3.63, 3.8) is 0 Å². The number of ether oxygens (including phenoxy) is 1. The van der Waals surface area contributed by atoms with Crippen LogP contribution in [0.2, 0.25) is 0 Å². The van der Waals surface area contributed by atoms with Crippen LogP contribution in [0, 0.1) is 5.92 Å². The SMILES string of the molecule is CC(C)(CN)NC(=O)CC1CCOCC1.Cl. The van der Waals surface area contributed by atoms with Gasteiger partial charge in [0.2, 0.25) is 5.91 Å². The van der Waals surface area contributed by atoms with Gasteiger partial charge in [0.1, 0.15) is 0 Å². The molecule has 0 saturated carbocycles. The van der Waals surface area contributed by atoms with Crippen LogP contribution in [-0.2, 0) is 9.53 Å². The van der Waals surface area contributed by atoms with Crippen molar-refractivity contribution in [1.29, 1.82) is 0 Å². The van der Waals surface area contributed by atoms with Gasteiger partial charge in [0.25, 0.3) is 0 Å². The molecule has 1 aliphatic rings. The highest BCUT2D eigenvalue weighted by atomic mass is 35.5. The van der Waals surface area contributed by atoms with Crippen LogP contribution in [-0.4, -0.2) is 31.2 Å². The molecule has 0 spiro atoms. The molecule has 16 heavy (non-hydrogen) atoms. The molecule has 96 valence electrons. The second-order valence-corrected chi connectivity index (χ2v) is 4.90. The molecule has 1 rings (SSSR count). The molecule has 0 radical (unpaired) electrons. The van der Waals surface area contributed by atoms with E-state index in [1.807, 2.05) is 13.8 Å². The van der Waals surface area contributed by atoms with Crippen molar-refractivity contribution in [2.75, 3.05) is 19.8 Å². The van der Waals surface area contributed by atoms with E-state index in [2.05, 4.69) is 5.32 Å². The highest BCUT2D eigenvalue weighted by molar-refractivity contribution is 5.85. The Bertz CT molecular complexity index is 216. The summed E-state index contributed by atoms with van der Waals surface area (Å²) in [6, 6.07) is 0. The summed E-state index contributed by atoms with van der Waals surface area (Å²) in [5.41, 5.74) is 5.26. The molecule has 0 aromatic carbocycles. The minimum Gasteiger partial charge on any atom is -0.381 e. The van der Waals surface area contributed by atoms with Crippen LogP contribution in [0.4, 0.5) is 0 Å². The first-order valence-electron chi connectivity index (χ1n) is 5.62. The zero-order chi connectivity index (χ0) is 11.3. The van der Waals surface area contributed by atoms with Gasteiger partial charge in [0, 0.05) is 31.7 Å². The molecule has 1 fully saturated rings. The van der Waals surface area contributed by atoms with E-state index in [4.69, 9.17) is 10.5 Å². The van der Waals surface area contributed by atoms with Crippen LogP contribution in [0.25, 0.3) is 0 Å². The highest BCUT2D eigenvalue weighted by Gasteiger charge is 2.22. The predicted molar refractivity (Wildman–Crippen MR) is 66.7 cm³/mol. The lowest BCUT2D eigenvalue weighted by Gasteiger charge is -2.27. The molecule has 0 aliphatic carbocycles. The van der Waals surface area contributed by atoms with E-state index in [9.17, 15) is 4.79 Å². The van der Waals surface area contributed by atoms with Gasteiger partial charge in [-0.25, -0.2) is 0 Å². The maximum Gasteiger partial charge on any atom is 0.220 e. The Morgan fingerprint density at radius 2 is 2.00 bits per heavy atom. The third-order valence-corrected chi connectivity index (χ3v) is 2.80. The standard InChI is InChI=1S/C11H22N2O2.ClH/c1-11(2,8-12)13-10(14)7-9-3-5-15-6-4-9;/h9H,3-8,12H2,1-2H3,(H,13,14);1H. The molecule has 0 bridgehead atoms. The van der Waals surface area contributed by atoms with Crippen molar-refractivity contribution < 1.29 is 9.53 Å². The second kappa shape index (κ2) is 7.09. The first-order valence-corrected chi connectivity index (χ1v) is 5.62. The van der Waals surface area contributed by atoms with E-state index in [1.165, 1.54) is 0 Å². The molecule has 1 amide bonds. The molecule has 1 aliphatic heterocycles. The normalized spacial score (nSPS) is 17.7. The van der Waals surface area contributed by atoms with Crippen molar-refractivity contribution in [3.8, 4) is 0 Å². The summed E-state index contributed by atoms with van der Waals surface area (Å²) >= 11 is 0. The van der Waals surface area contributed by atoms with Gasteiger partial charge >= 0.3 is 0 Å². The van der Waals surface area contributed by atoms with Crippen molar-refractivity contribution >= 4 is 18.3 Å². The smallest absolute Gasteiger partial charge is 0.220 e. The predicted octanol–water partition coefficient (Wildman–Crippen LogP) is 1.08. The van der Waals surface area contributed by atoms with Gasteiger partial charge in [-0.15, -0.1) is 12.4 Å². The summed E-state index contributed by atoms with van der Waals surface area (Å²) in [6.07, 6.45) is 2.60. The Hall–Kier alpha value is -0.320. The van der Waals surface area contributed by atoms with Crippen LogP contribution in [0.15, 0.2) is 0 Å². The van der Waals surface area contributed by atoms with Gasteiger partial charge in [0.15, 0.2) is 0 Å². The van der Waals surface area contributed by atoms with Crippen LogP contribution >= 0.6 is 12.4 Å². The van der Waals surface area contributed by atoms with E-state index in [1.54, 1.807) is 0 Å². The lowest BCUT2D eigenvalue weighted by atomic mass is 9.95. The Morgan fingerprint density at radius 3 is 2.50 bits per heavy atom. The topological polar surface area (TPSA) is 64.3 Å². The van der Waals surface area contributed by atoms with E-state index in [0.717, 1.165) is 26.1 Å². The quantitative estimate of drug-likeness (QED) is 0.785. The first kappa shape index (κ1) is 15.7. The zero-order valence-electron chi connectivity index (χ0n) is 10.1. The largest absolute Gasteiger partial charge is 0.381 e. The summed E-state index contributed by atoms with van der Waals surface area (Å²) < 4.78 is 5.25. The minimum atomic E-state index is -0.289. The number of rotatable bonds is 4. The number of carbonyl (C=O) groups is 1. The fourth-order valence-electron chi connectivity index (χ4n) is 1.69. The molecule has 1 heterocycles. The van der Waals surface area contributed by atoms with Crippen LogP contribution in [0.3, 0.4) is 0 Å². The number of hydrogen-bond donors (Lipinski definition) is 2. The molecule has 3 N–H and O–H groups in total. The van der Waals surface area contributed by atoms with Gasteiger partial charge in [-0.05, 0) is 32.6 Å². The molecular weight excluding hydrogens is 228 g/mol. The maximum absolute atomic E-state index is 11.7. The summed E-state index contributed by atoms with van der Waals surface area (Å²) in [6.45, 7) is 5.92. The van der Waals surface area contributed by atoms with Crippen LogP contribution in [0.5, 0.6) is 0 Å². The Kier molecular flexibility index (Phi) is 6.95. The van der Waals surface area contributed by atoms with Crippen molar-refractivity contribution in [2.24, 2.45) is 11.7 Å². The van der Waals surface area contributed by atoms with Gasteiger partial charge in [-0.1, -0.05) is 0 Å². The molecule has 1 saturated heterocycles. The van der Waals surface area contributed by atoms with Crippen molar-refractivity contribution in [3.05, 3.63) is 0 Å². The van der Waals surface area contributed by atoms with Gasteiger partial charge in [-0.2, -0.15) is 0 Å². The van der Waals surface area contributed by atoms with Gasteiger partial charge < -0.3 is 15.8 Å². The van der Waals surface area contributed by atoms with Crippen LogP contribution in [0.1, 0.15) is 33.1 Å². The highest BCUT2D eigenvalue weighted by Crippen LogP contribution is 2.18. The summed E-state index contributed by atoms with van der Waals surface area (Å²) in [5.74, 6) is 0.588. The fourth-order valence-corrected chi connectivity index (χ4v) is 1.69. The molecule has 4 nitrogen and oxygen atoms in total. The average molecular weight is 251 g/mol. The zero-order valence-corrected chi connectivity index (χ0v) is 10.9. The van der Waals surface area contributed by atoms with Crippen molar-refractivity contribution in [1.82, 2.24) is 5.32 Å². The molecule has 5 heteroatoms. The maximum atomic E-state index is 11.7. The Balaban J connectivity index is 0.00000225. The van der Waals surface area contributed by atoms with Gasteiger partial charge in [0.05, 0.1) is 0 Å². The van der Waals surface area contributed by atoms with E-state index >= 15 is 0 Å². The molecule has 0 unspecified atom stereocenters. The number of hydrogen-bond acceptors (Lipinski definition) is 3. The summed E-state index contributed by atoms with van der Waals surface area (Å²) in [7, 11) is 0. The average Bonchev–Trinajstić information content (AvgIpc) is 2.18. The first-order chi connectivity index (χ1) is 7.03.